The van der Waals surface area contributed by atoms with Crippen LogP contribution in [-0.4, -0.2) is 26.2 Å². The van der Waals surface area contributed by atoms with Gasteiger partial charge in [0.1, 0.15) is 5.75 Å². The van der Waals surface area contributed by atoms with Gasteiger partial charge >= 0.3 is 0 Å². The Kier molecular flexibility index (Phi) is 4.95. The molecule has 2 aromatic carbocycles. The molecule has 3 rings (SSSR count). The van der Waals surface area contributed by atoms with Crippen LogP contribution in [0.2, 0.25) is 0 Å². The molecule has 1 aliphatic rings. The van der Waals surface area contributed by atoms with Gasteiger partial charge in [0.15, 0.2) is 11.6 Å². The van der Waals surface area contributed by atoms with E-state index in [0.29, 0.717) is 12.3 Å². The molecule has 2 aromatic rings. The number of nitrogens with zero attached hydrogens (tertiary/aromatic N) is 1. The molecule has 0 fully saturated rings. The third-order valence-corrected chi connectivity index (χ3v) is 3.91. The smallest absolute Gasteiger partial charge is 0.161 e. The van der Waals surface area contributed by atoms with E-state index in [1.165, 1.54) is 12.1 Å². The molecule has 0 amide bonds. The molecular weight excluding hydrogens is 298 g/mol. The highest BCUT2D eigenvalue weighted by Crippen LogP contribution is 2.31. The van der Waals surface area contributed by atoms with Crippen LogP contribution in [-0.2, 0) is 0 Å². The largest absolute Gasteiger partial charge is 0.494 e. The lowest BCUT2D eigenvalue weighted by molar-refractivity contribution is 0.307. The first kappa shape index (κ1) is 15.6. The molecule has 0 aromatic heterocycles. The van der Waals surface area contributed by atoms with Gasteiger partial charge in [-0.1, -0.05) is 18.2 Å². The summed E-state index contributed by atoms with van der Waals surface area (Å²) in [7, 11) is 0. The van der Waals surface area contributed by atoms with Crippen molar-refractivity contribution in [2.75, 3.05) is 36.5 Å². The minimum Gasteiger partial charge on any atom is -0.494 e. The van der Waals surface area contributed by atoms with Gasteiger partial charge in [0.05, 0.1) is 18.0 Å². The van der Waals surface area contributed by atoms with Crippen LogP contribution in [0.25, 0.3) is 0 Å². The van der Waals surface area contributed by atoms with Crippen molar-refractivity contribution in [3.8, 4) is 5.75 Å². The van der Waals surface area contributed by atoms with Gasteiger partial charge in [-0.25, -0.2) is 8.78 Å². The normalized spacial score (nSPS) is 13.4. The molecule has 0 atom stereocenters. The summed E-state index contributed by atoms with van der Waals surface area (Å²) in [5, 5.41) is 3.11. The van der Waals surface area contributed by atoms with Crippen molar-refractivity contribution in [3.05, 3.63) is 54.1 Å². The summed E-state index contributed by atoms with van der Waals surface area (Å²) in [6.45, 7) is 2.98. The van der Waals surface area contributed by atoms with Crippen LogP contribution in [0.5, 0.6) is 5.75 Å². The minimum atomic E-state index is -0.811. The number of hydrogen-bond acceptors (Lipinski definition) is 3. The lowest BCUT2D eigenvalue weighted by Crippen LogP contribution is -2.35. The van der Waals surface area contributed by atoms with Gasteiger partial charge in [-0.05, 0) is 25.0 Å². The Bertz CT molecular complexity index is 649. The van der Waals surface area contributed by atoms with Crippen molar-refractivity contribution in [3.63, 3.8) is 0 Å². The fraction of sp³-hybridized carbons (Fsp3) is 0.333. The number of nitrogens with one attached hydrogen (secondary N) is 1. The molecule has 0 aliphatic carbocycles. The van der Waals surface area contributed by atoms with Gasteiger partial charge in [-0.15, -0.1) is 0 Å². The molecule has 0 saturated carbocycles. The molecule has 1 heterocycles. The van der Waals surface area contributed by atoms with Crippen LogP contribution in [0.4, 0.5) is 20.2 Å². The lowest BCUT2D eigenvalue weighted by atomic mass is 10.1. The van der Waals surface area contributed by atoms with E-state index in [4.69, 9.17) is 4.74 Å². The Balaban J connectivity index is 1.49. The highest BCUT2D eigenvalue weighted by Gasteiger charge is 2.19. The number of rotatable bonds is 6. The molecule has 0 radical (unpaired) electrons. The first-order chi connectivity index (χ1) is 11.2. The average Bonchev–Trinajstić information content (AvgIpc) is 2.57. The van der Waals surface area contributed by atoms with Crippen molar-refractivity contribution >= 4 is 11.4 Å². The van der Waals surface area contributed by atoms with Gasteiger partial charge in [0.25, 0.3) is 0 Å². The Labute approximate surface area is 134 Å². The van der Waals surface area contributed by atoms with Crippen molar-refractivity contribution in [2.24, 2.45) is 0 Å². The zero-order chi connectivity index (χ0) is 16.1. The summed E-state index contributed by atoms with van der Waals surface area (Å²) < 4.78 is 32.4. The second-order valence-electron chi connectivity index (χ2n) is 5.57. The van der Waals surface area contributed by atoms with E-state index in [2.05, 4.69) is 10.2 Å². The van der Waals surface area contributed by atoms with Gasteiger partial charge in [0.2, 0.25) is 0 Å². The van der Waals surface area contributed by atoms with Crippen molar-refractivity contribution in [1.29, 1.82) is 0 Å². The summed E-state index contributed by atoms with van der Waals surface area (Å²) in [5.41, 5.74) is 1.40. The van der Waals surface area contributed by atoms with Crippen molar-refractivity contribution in [1.82, 2.24) is 0 Å². The van der Waals surface area contributed by atoms with Gasteiger partial charge in [0, 0.05) is 31.8 Å². The van der Waals surface area contributed by atoms with Crippen LogP contribution >= 0.6 is 0 Å². The molecule has 0 bridgehead atoms. The fourth-order valence-electron chi connectivity index (χ4n) is 2.73. The van der Waals surface area contributed by atoms with Crippen molar-refractivity contribution in [2.45, 2.75) is 12.8 Å². The van der Waals surface area contributed by atoms with E-state index >= 15 is 0 Å². The van der Waals surface area contributed by atoms with E-state index in [1.54, 1.807) is 0 Å². The molecule has 0 saturated heterocycles. The Hall–Kier alpha value is -2.30. The zero-order valence-electron chi connectivity index (χ0n) is 12.9. The topological polar surface area (TPSA) is 24.5 Å². The van der Waals surface area contributed by atoms with E-state index in [-0.39, 0.29) is 0 Å². The first-order valence-electron chi connectivity index (χ1n) is 7.90. The van der Waals surface area contributed by atoms with Crippen LogP contribution in [0.3, 0.4) is 0 Å². The van der Waals surface area contributed by atoms with E-state index in [0.717, 1.165) is 43.9 Å². The molecule has 23 heavy (non-hydrogen) atoms. The third-order valence-electron chi connectivity index (χ3n) is 3.91. The van der Waals surface area contributed by atoms with Gasteiger partial charge < -0.3 is 15.0 Å². The Morgan fingerprint density at radius 2 is 1.83 bits per heavy atom. The number of unbranched alkanes of at least 4 members (excludes halogenated alkanes) is 1. The van der Waals surface area contributed by atoms with Crippen LogP contribution < -0.4 is 15.0 Å². The van der Waals surface area contributed by atoms with Crippen molar-refractivity contribution < 1.29 is 13.5 Å². The second kappa shape index (κ2) is 7.31. The number of halogens is 2. The molecule has 0 unspecified atom stereocenters. The average molecular weight is 318 g/mol. The molecule has 5 heteroatoms. The number of anilines is 2. The first-order valence-corrected chi connectivity index (χ1v) is 7.90. The quantitative estimate of drug-likeness (QED) is 0.813. The number of para-hydroxylation sites is 1. The SMILES string of the molecule is Fc1cc2c(cc1F)N(CCCCOc1ccccc1)CCN2. The summed E-state index contributed by atoms with van der Waals surface area (Å²) in [6, 6.07) is 12.2. The molecule has 1 N–H and O–H groups in total. The second-order valence-corrected chi connectivity index (χ2v) is 5.57. The minimum absolute atomic E-state index is 0.654. The summed E-state index contributed by atoms with van der Waals surface area (Å²) >= 11 is 0. The number of fused-ring (bicyclic) bond motifs is 1. The summed E-state index contributed by atoms with van der Waals surface area (Å²) in [6.07, 6.45) is 1.85. The van der Waals surface area contributed by atoms with E-state index in [9.17, 15) is 8.78 Å². The Morgan fingerprint density at radius 1 is 1.04 bits per heavy atom. The summed E-state index contributed by atoms with van der Waals surface area (Å²) in [5.74, 6) is -0.739. The highest BCUT2D eigenvalue weighted by molar-refractivity contribution is 5.72. The predicted molar refractivity (Wildman–Crippen MR) is 88.2 cm³/mol. The molecule has 122 valence electrons. The summed E-state index contributed by atoms with van der Waals surface area (Å²) in [4.78, 5) is 2.09. The molecule has 0 spiro atoms. The van der Waals surface area contributed by atoms with Crippen LogP contribution in [0.1, 0.15) is 12.8 Å². The molecule has 1 aliphatic heterocycles. The van der Waals surface area contributed by atoms with E-state index < -0.39 is 11.6 Å². The maximum atomic E-state index is 13.5. The number of ether oxygens (including phenoxy) is 1. The lowest BCUT2D eigenvalue weighted by Gasteiger charge is -2.32. The third kappa shape index (κ3) is 3.92. The predicted octanol–water partition coefficient (Wildman–Crippen LogP) is 4.06. The maximum Gasteiger partial charge on any atom is 0.161 e. The Morgan fingerprint density at radius 3 is 2.65 bits per heavy atom. The number of benzene rings is 2. The van der Waals surface area contributed by atoms with Crippen LogP contribution in [0.15, 0.2) is 42.5 Å². The standard InChI is InChI=1S/C18H20F2N2O/c19-15-12-17-18(13-16(15)20)22(10-8-21-17)9-4-5-11-23-14-6-2-1-3-7-14/h1-3,6-7,12-13,21H,4-5,8-11H2. The monoisotopic (exact) mass is 318 g/mol. The van der Waals surface area contributed by atoms with Gasteiger partial charge in [-0.2, -0.15) is 0 Å². The highest BCUT2D eigenvalue weighted by atomic mass is 19.2. The maximum absolute atomic E-state index is 13.5. The van der Waals surface area contributed by atoms with E-state index in [1.807, 2.05) is 30.3 Å². The molecule has 3 nitrogen and oxygen atoms in total. The van der Waals surface area contributed by atoms with Crippen LogP contribution in [0, 0.1) is 11.6 Å². The zero-order valence-corrected chi connectivity index (χ0v) is 12.9. The fourth-order valence-corrected chi connectivity index (χ4v) is 2.73. The number of hydrogen-bond donors (Lipinski definition) is 1. The van der Waals surface area contributed by atoms with Gasteiger partial charge in [-0.3, -0.25) is 0 Å². The molecular formula is C18H20F2N2O.